The van der Waals surface area contributed by atoms with Crippen molar-refractivity contribution in [3.8, 4) is 0 Å². The van der Waals surface area contributed by atoms with E-state index in [1.807, 2.05) is 0 Å². The van der Waals surface area contributed by atoms with E-state index in [2.05, 4.69) is 21.2 Å². The summed E-state index contributed by atoms with van der Waals surface area (Å²) in [7, 11) is -3.81. The minimum atomic E-state index is -3.81. The van der Waals surface area contributed by atoms with Crippen LogP contribution in [0.15, 0.2) is 53.0 Å². The van der Waals surface area contributed by atoms with Crippen LogP contribution in [0.1, 0.15) is 26.3 Å². The molecular formula is C22H27BrFN3O4S. The molecule has 2 rings (SSSR count). The molecule has 174 valence electrons. The maximum absolute atomic E-state index is 13.3. The molecule has 0 radical (unpaired) electrons. The van der Waals surface area contributed by atoms with Crippen molar-refractivity contribution in [1.82, 2.24) is 10.2 Å². The van der Waals surface area contributed by atoms with Crippen molar-refractivity contribution in [2.24, 2.45) is 0 Å². The van der Waals surface area contributed by atoms with Gasteiger partial charge in [-0.2, -0.15) is 0 Å². The summed E-state index contributed by atoms with van der Waals surface area (Å²) in [6.07, 6.45) is 1.01. The molecule has 0 aromatic heterocycles. The van der Waals surface area contributed by atoms with Gasteiger partial charge in [-0.1, -0.05) is 24.3 Å². The Morgan fingerprint density at radius 2 is 1.66 bits per heavy atom. The van der Waals surface area contributed by atoms with Crippen LogP contribution in [0.5, 0.6) is 0 Å². The van der Waals surface area contributed by atoms with Crippen molar-refractivity contribution in [1.29, 1.82) is 0 Å². The summed E-state index contributed by atoms with van der Waals surface area (Å²) in [5, 5.41) is 2.76. The lowest BCUT2D eigenvalue weighted by Gasteiger charge is -2.32. The fraction of sp³-hybridized carbons (Fsp3) is 0.364. The number of carbonyl (C=O) groups excluding carboxylic acids is 2. The number of sulfonamides is 1. The average molecular weight is 528 g/mol. The van der Waals surface area contributed by atoms with Gasteiger partial charge in [-0.05, 0) is 66.5 Å². The number of nitrogens with zero attached hydrogens (tertiary/aromatic N) is 2. The standard InChI is InChI=1S/C22H27BrFN3O4S/c1-15(2)25-22(29)16(3)26(13-17-9-11-18(24)12-10-17)21(28)14-27(32(4,30)31)20-8-6-5-7-19(20)23/h5-12,15-16H,13-14H2,1-4H3,(H,25,29)/t16-/m0/s1. The van der Waals surface area contributed by atoms with Gasteiger partial charge < -0.3 is 10.2 Å². The molecular weight excluding hydrogens is 501 g/mol. The van der Waals surface area contributed by atoms with Gasteiger partial charge in [-0.15, -0.1) is 0 Å². The monoisotopic (exact) mass is 527 g/mol. The van der Waals surface area contributed by atoms with Gasteiger partial charge in [0, 0.05) is 17.1 Å². The van der Waals surface area contributed by atoms with Crippen LogP contribution in [0.4, 0.5) is 10.1 Å². The topological polar surface area (TPSA) is 86.8 Å². The summed E-state index contributed by atoms with van der Waals surface area (Å²) in [6, 6.07) is 11.2. The number of hydrogen-bond acceptors (Lipinski definition) is 4. The summed E-state index contributed by atoms with van der Waals surface area (Å²) in [5.74, 6) is -1.36. The maximum atomic E-state index is 13.3. The Kier molecular flexibility index (Phi) is 8.80. The molecule has 0 bridgehead atoms. The second-order valence-electron chi connectivity index (χ2n) is 7.71. The third kappa shape index (κ3) is 7.03. The first-order chi connectivity index (χ1) is 14.9. The van der Waals surface area contributed by atoms with Gasteiger partial charge >= 0.3 is 0 Å². The SMILES string of the molecule is CC(C)NC(=O)[C@H](C)N(Cc1ccc(F)cc1)C(=O)CN(c1ccccc1Br)S(C)(=O)=O. The predicted molar refractivity (Wildman–Crippen MR) is 126 cm³/mol. The fourth-order valence-electron chi connectivity index (χ4n) is 3.02. The molecule has 2 aromatic carbocycles. The Morgan fingerprint density at radius 3 is 2.19 bits per heavy atom. The second-order valence-corrected chi connectivity index (χ2v) is 10.5. The zero-order chi connectivity index (χ0) is 24.1. The van der Waals surface area contributed by atoms with Gasteiger partial charge in [0.25, 0.3) is 0 Å². The maximum Gasteiger partial charge on any atom is 0.244 e. The Hall–Kier alpha value is -2.46. The molecule has 0 aliphatic heterocycles. The summed E-state index contributed by atoms with van der Waals surface area (Å²) < 4.78 is 39.8. The van der Waals surface area contributed by atoms with Gasteiger partial charge in [-0.3, -0.25) is 13.9 Å². The Morgan fingerprint density at radius 1 is 1.06 bits per heavy atom. The minimum Gasteiger partial charge on any atom is -0.352 e. The number of rotatable bonds is 9. The third-order valence-electron chi connectivity index (χ3n) is 4.66. The van der Waals surface area contributed by atoms with Crippen LogP contribution in [-0.4, -0.2) is 50.0 Å². The number of amides is 2. The molecule has 0 fully saturated rings. The molecule has 0 spiro atoms. The Bertz CT molecular complexity index is 1060. The van der Waals surface area contributed by atoms with Crippen molar-refractivity contribution < 1.29 is 22.4 Å². The summed E-state index contributed by atoms with van der Waals surface area (Å²) >= 11 is 3.33. The number of para-hydroxylation sites is 1. The van der Waals surface area contributed by atoms with E-state index in [9.17, 15) is 22.4 Å². The van der Waals surface area contributed by atoms with E-state index in [0.717, 1.165) is 10.6 Å². The molecule has 7 nitrogen and oxygen atoms in total. The zero-order valence-corrected chi connectivity index (χ0v) is 20.8. The van der Waals surface area contributed by atoms with E-state index in [1.165, 1.54) is 29.2 Å². The van der Waals surface area contributed by atoms with Gasteiger partial charge in [0.05, 0.1) is 11.9 Å². The zero-order valence-electron chi connectivity index (χ0n) is 18.4. The molecule has 1 atom stereocenters. The first-order valence-corrected chi connectivity index (χ1v) is 12.6. The van der Waals surface area contributed by atoms with Crippen molar-refractivity contribution in [2.75, 3.05) is 17.1 Å². The molecule has 10 heteroatoms. The van der Waals surface area contributed by atoms with Gasteiger partial charge in [-0.25, -0.2) is 12.8 Å². The number of halogens is 2. The highest BCUT2D eigenvalue weighted by Gasteiger charge is 2.30. The molecule has 0 heterocycles. The number of nitrogens with one attached hydrogen (secondary N) is 1. The summed E-state index contributed by atoms with van der Waals surface area (Å²) in [5.41, 5.74) is 0.917. The van der Waals surface area contributed by atoms with Crippen LogP contribution in [0, 0.1) is 5.82 Å². The number of benzene rings is 2. The van der Waals surface area contributed by atoms with Gasteiger partial charge in [0.15, 0.2) is 0 Å². The number of hydrogen-bond donors (Lipinski definition) is 1. The van der Waals surface area contributed by atoms with Crippen molar-refractivity contribution in [3.63, 3.8) is 0 Å². The minimum absolute atomic E-state index is 0.0133. The molecule has 2 aromatic rings. The largest absolute Gasteiger partial charge is 0.352 e. The smallest absolute Gasteiger partial charge is 0.244 e. The Labute approximate surface area is 196 Å². The number of carbonyl (C=O) groups is 2. The van der Waals surface area contributed by atoms with E-state index >= 15 is 0 Å². The molecule has 32 heavy (non-hydrogen) atoms. The normalized spacial score (nSPS) is 12.3. The second kappa shape index (κ2) is 10.9. The molecule has 2 amide bonds. The summed E-state index contributed by atoms with van der Waals surface area (Å²) in [4.78, 5) is 27.3. The molecule has 1 N–H and O–H groups in total. The van der Waals surface area contributed by atoms with Crippen LogP contribution in [0.2, 0.25) is 0 Å². The lowest BCUT2D eigenvalue weighted by Crippen LogP contribution is -2.52. The van der Waals surface area contributed by atoms with E-state index in [4.69, 9.17) is 0 Å². The first kappa shape index (κ1) is 25.8. The lowest BCUT2D eigenvalue weighted by atomic mass is 10.1. The average Bonchev–Trinajstić information content (AvgIpc) is 2.70. The van der Waals surface area contributed by atoms with E-state index < -0.39 is 34.3 Å². The van der Waals surface area contributed by atoms with Gasteiger partial charge in [0.1, 0.15) is 18.4 Å². The van der Waals surface area contributed by atoms with Crippen LogP contribution >= 0.6 is 15.9 Å². The molecule has 0 saturated carbocycles. The molecule has 0 unspecified atom stereocenters. The lowest BCUT2D eigenvalue weighted by molar-refractivity contribution is -0.139. The van der Waals surface area contributed by atoms with Crippen molar-refractivity contribution in [2.45, 2.75) is 39.4 Å². The highest BCUT2D eigenvalue weighted by molar-refractivity contribution is 9.10. The van der Waals surface area contributed by atoms with E-state index in [0.29, 0.717) is 15.7 Å². The van der Waals surface area contributed by atoms with Crippen LogP contribution < -0.4 is 9.62 Å². The third-order valence-corrected chi connectivity index (χ3v) is 6.46. The van der Waals surface area contributed by atoms with Crippen LogP contribution in [0.3, 0.4) is 0 Å². The van der Waals surface area contributed by atoms with Gasteiger partial charge in [0.2, 0.25) is 21.8 Å². The molecule has 0 aliphatic carbocycles. The van der Waals surface area contributed by atoms with Crippen molar-refractivity contribution in [3.05, 3.63) is 64.4 Å². The highest BCUT2D eigenvalue weighted by atomic mass is 79.9. The van der Waals surface area contributed by atoms with Crippen LogP contribution in [0.25, 0.3) is 0 Å². The predicted octanol–water partition coefficient (Wildman–Crippen LogP) is 3.30. The van der Waals surface area contributed by atoms with E-state index in [1.54, 1.807) is 45.0 Å². The Balaban J connectivity index is 2.39. The fourth-order valence-corrected chi connectivity index (χ4v) is 4.50. The van der Waals surface area contributed by atoms with Crippen LogP contribution in [-0.2, 0) is 26.2 Å². The highest BCUT2D eigenvalue weighted by Crippen LogP contribution is 2.28. The molecule has 0 saturated heterocycles. The quantitative estimate of drug-likeness (QED) is 0.542. The van der Waals surface area contributed by atoms with E-state index in [-0.39, 0.29) is 18.5 Å². The summed E-state index contributed by atoms with van der Waals surface area (Å²) in [6.45, 7) is 4.69. The number of anilines is 1. The molecule has 0 aliphatic rings. The first-order valence-electron chi connectivity index (χ1n) is 9.96. The van der Waals surface area contributed by atoms with Crippen molar-refractivity contribution >= 4 is 43.5 Å².